The second kappa shape index (κ2) is 6.50. The second-order valence-electron chi connectivity index (χ2n) is 4.60. The first kappa shape index (κ1) is 13.8. The van der Waals surface area contributed by atoms with Crippen molar-refractivity contribution >= 4 is 27.3 Å². The fourth-order valence-corrected chi connectivity index (χ4v) is 3.40. The van der Waals surface area contributed by atoms with E-state index >= 15 is 0 Å². The molecule has 1 aromatic heterocycles. The van der Waals surface area contributed by atoms with Gasteiger partial charge in [0.05, 0.1) is 0 Å². The Labute approximate surface area is 121 Å². The highest BCUT2D eigenvalue weighted by Gasteiger charge is 2.07. The predicted molar refractivity (Wildman–Crippen MR) is 83.2 cm³/mol. The number of halogens is 1. The predicted octanol–water partition coefficient (Wildman–Crippen LogP) is 4.54. The van der Waals surface area contributed by atoms with E-state index in [1.54, 1.807) is 11.3 Å². The van der Waals surface area contributed by atoms with E-state index in [9.17, 15) is 0 Å². The van der Waals surface area contributed by atoms with Gasteiger partial charge in [0.25, 0.3) is 0 Å². The Hall–Kier alpha value is -0.640. The molecule has 18 heavy (non-hydrogen) atoms. The average molecular weight is 324 g/mol. The van der Waals surface area contributed by atoms with Crippen LogP contribution < -0.4 is 5.32 Å². The lowest BCUT2D eigenvalue weighted by Crippen LogP contribution is -2.27. The van der Waals surface area contributed by atoms with Gasteiger partial charge in [-0.1, -0.05) is 24.3 Å². The van der Waals surface area contributed by atoms with Gasteiger partial charge in [0.1, 0.15) is 0 Å². The van der Waals surface area contributed by atoms with Crippen LogP contribution in [0.25, 0.3) is 0 Å². The summed E-state index contributed by atoms with van der Waals surface area (Å²) in [6, 6.07) is 11.2. The Kier molecular flexibility index (Phi) is 4.98. The summed E-state index contributed by atoms with van der Waals surface area (Å²) in [6.07, 6.45) is 1.08. The van der Waals surface area contributed by atoms with Gasteiger partial charge in [0.15, 0.2) is 0 Å². The second-order valence-corrected chi connectivity index (χ2v) is 6.46. The van der Waals surface area contributed by atoms with E-state index in [0.717, 1.165) is 13.0 Å². The smallest absolute Gasteiger partial charge is 0.0327 e. The first-order valence-corrected chi connectivity index (χ1v) is 7.84. The number of benzene rings is 1. The number of thiophene rings is 1. The van der Waals surface area contributed by atoms with Crippen molar-refractivity contribution in [1.29, 1.82) is 0 Å². The van der Waals surface area contributed by atoms with Crippen LogP contribution in [0, 0.1) is 6.92 Å². The van der Waals surface area contributed by atoms with E-state index in [-0.39, 0.29) is 0 Å². The number of hydrogen-bond donors (Lipinski definition) is 1. The summed E-state index contributed by atoms with van der Waals surface area (Å²) in [6.45, 7) is 5.36. The summed E-state index contributed by atoms with van der Waals surface area (Å²) in [4.78, 5) is 1.37. The summed E-state index contributed by atoms with van der Waals surface area (Å²) in [5, 5.41) is 5.70. The summed E-state index contributed by atoms with van der Waals surface area (Å²) in [5.41, 5.74) is 2.81. The van der Waals surface area contributed by atoms with E-state index in [1.807, 2.05) is 0 Å². The molecule has 3 heteroatoms. The molecular formula is C15H18BrNS. The van der Waals surface area contributed by atoms with Crippen molar-refractivity contribution in [3.63, 3.8) is 0 Å². The summed E-state index contributed by atoms with van der Waals surface area (Å²) >= 11 is 5.36. The zero-order chi connectivity index (χ0) is 13.0. The summed E-state index contributed by atoms with van der Waals surface area (Å²) in [7, 11) is 0. The highest BCUT2D eigenvalue weighted by molar-refractivity contribution is 9.10. The van der Waals surface area contributed by atoms with Gasteiger partial charge in [-0.05, 0) is 58.8 Å². The fourth-order valence-electron chi connectivity index (χ4n) is 1.96. The molecule has 0 aliphatic carbocycles. The van der Waals surface area contributed by atoms with Crippen LogP contribution in [0.5, 0.6) is 0 Å². The van der Waals surface area contributed by atoms with Crippen LogP contribution in [0.3, 0.4) is 0 Å². The lowest BCUT2D eigenvalue weighted by molar-refractivity contribution is 0.547. The van der Waals surface area contributed by atoms with Gasteiger partial charge >= 0.3 is 0 Å². The van der Waals surface area contributed by atoms with Crippen molar-refractivity contribution in [2.75, 3.05) is 0 Å². The molecular weight excluding hydrogens is 306 g/mol. The van der Waals surface area contributed by atoms with Crippen molar-refractivity contribution < 1.29 is 0 Å². The Morgan fingerprint density at radius 1 is 1.28 bits per heavy atom. The maximum absolute atomic E-state index is 3.58. The molecule has 2 aromatic rings. The molecule has 0 fully saturated rings. The Morgan fingerprint density at radius 2 is 2.06 bits per heavy atom. The Morgan fingerprint density at radius 3 is 2.72 bits per heavy atom. The Bertz CT molecular complexity index is 507. The normalized spacial score (nSPS) is 12.6. The van der Waals surface area contributed by atoms with Crippen LogP contribution in [0.1, 0.15) is 22.9 Å². The lowest BCUT2D eigenvalue weighted by atomic mass is 10.0. The molecule has 1 atom stereocenters. The minimum Gasteiger partial charge on any atom is -0.309 e. The number of nitrogens with one attached hydrogen (secondary N) is 1. The van der Waals surface area contributed by atoms with Crippen LogP contribution in [-0.2, 0) is 13.0 Å². The number of rotatable bonds is 5. The molecule has 1 nitrogen and oxygen atoms in total. The SMILES string of the molecule is Cc1ccccc1CC(C)NCc1sccc1Br. The third-order valence-electron chi connectivity index (χ3n) is 3.09. The molecule has 0 spiro atoms. The van der Waals surface area contributed by atoms with Gasteiger partial charge in [0.2, 0.25) is 0 Å². The first-order valence-electron chi connectivity index (χ1n) is 6.16. The summed E-state index contributed by atoms with van der Waals surface area (Å²) < 4.78 is 1.21. The topological polar surface area (TPSA) is 12.0 Å². The molecule has 1 heterocycles. The molecule has 1 unspecified atom stereocenters. The fraction of sp³-hybridized carbons (Fsp3) is 0.333. The van der Waals surface area contributed by atoms with Gasteiger partial charge in [-0.2, -0.15) is 0 Å². The van der Waals surface area contributed by atoms with E-state index < -0.39 is 0 Å². The molecule has 0 saturated carbocycles. The van der Waals surface area contributed by atoms with Crippen molar-refractivity contribution in [3.8, 4) is 0 Å². The van der Waals surface area contributed by atoms with Crippen molar-refractivity contribution in [2.45, 2.75) is 32.9 Å². The minimum absolute atomic E-state index is 0.486. The molecule has 0 radical (unpaired) electrons. The van der Waals surface area contributed by atoms with E-state index in [0.29, 0.717) is 6.04 Å². The third kappa shape index (κ3) is 3.67. The zero-order valence-corrected chi connectivity index (χ0v) is 13.1. The molecule has 2 rings (SSSR count). The van der Waals surface area contributed by atoms with Crippen LogP contribution in [-0.4, -0.2) is 6.04 Å². The Balaban J connectivity index is 1.88. The van der Waals surface area contributed by atoms with Gasteiger partial charge in [-0.25, -0.2) is 0 Å². The third-order valence-corrected chi connectivity index (χ3v) is 5.02. The van der Waals surface area contributed by atoms with Gasteiger partial charge in [0, 0.05) is 21.9 Å². The van der Waals surface area contributed by atoms with Gasteiger partial charge in [-0.15, -0.1) is 11.3 Å². The van der Waals surface area contributed by atoms with Crippen LogP contribution in [0.4, 0.5) is 0 Å². The molecule has 0 saturated heterocycles. The standard InChI is InChI=1S/C15H18BrNS/c1-11-5-3-4-6-13(11)9-12(2)17-10-15-14(16)7-8-18-15/h3-8,12,17H,9-10H2,1-2H3. The van der Waals surface area contributed by atoms with Crippen molar-refractivity contribution in [2.24, 2.45) is 0 Å². The van der Waals surface area contributed by atoms with Crippen LogP contribution in [0.2, 0.25) is 0 Å². The van der Waals surface area contributed by atoms with Crippen LogP contribution >= 0.6 is 27.3 Å². The lowest BCUT2D eigenvalue weighted by Gasteiger charge is -2.15. The largest absolute Gasteiger partial charge is 0.309 e. The molecule has 0 aliphatic rings. The van der Waals surface area contributed by atoms with Crippen molar-refractivity contribution in [3.05, 3.63) is 56.2 Å². The van der Waals surface area contributed by atoms with Crippen molar-refractivity contribution in [1.82, 2.24) is 5.32 Å². The van der Waals surface area contributed by atoms with Gasteiger partial charge in [-0.3, -0.25) is 0 Å². The van der Waals surface area contributed by atoms with Crippen LogP contribution in [0.15, 0.2) is 40.2 Å². The average Bonchev–Trinajstić information content (AvgIpc) is 2.75. The first-order chi connectivity index (χ1) is 8.66. The molecule has 1 N–H and O–H groups in total. The monoisotopic (exact) mass is 323 g/mol. The molecule has 1 aromatic carbocycles. The van der Waals surface area contributed by atoms with E-state index in [4.69, 9.17) is 0 Å². The molecule has 0 bridgehead atoms. The maximum Gasteiger partial charge on any atom is 0.0327 e. The minimum atomic E-state index is 0.486. The highest BCUT2D eigenvalue weighted by atomic mass is 79.9. The summed E-state index contributed by atoms with van der Waals surface area (Å²) in [5.74, 6) is 0. The molecule has 0 aliphatic heterocycles. The number of aryl methyl sites for hydroxylation is 1. The highest BCUT2D eigenvalue weighted by Crippen LogP contribution is 2.22. The molecule has 96 valence electrons. The van der Waals surface area contributed by atoms with E-state index in [1.165, 1.54) is 20.5 Å². The van der Waals surface area contributed by atoms with Gasteiger partial charge < -0.3 is 5.32 Å². The van der Waals surface area contributed by atoms with E-state index in [2.05, 4.69) is 70.8 Å². The molecule has 0 amide bonds. The maximum atomic E-state index is 3.58. The zero-order valence-electron chi connectivity index (χ0n) is 10.7. The quantitative estimate of drug-likeness (QED) is 0.851. The number of hydrogen-bond acceptors (Lipinski definition) is 2.